The minimum atomic E-state index is -0.277. The molecule has 1 aliphatic rings. The summed E-state index contributed by atoms with van der Waals surface area (Å²) in [4.78, 5) is 27.3. The molecule has 2 aromatic carbocycles. The lowest BCUT2D eigenvalue weighted by atomic mass is 9.81. The summed E-state index contributed by atoms with van der Waals surface area (Å²) in [6, 6.07) is 11.3. The summed E-state index contributed by atoms with van der Waals surface area (Å²) < 4.78 is 5.40. The van der Waals surface area contributed by atoms with Crippen molar-refractivity contribution in [2.75, 3.05) is 7.11 Å². The Morgan fingerprint density at radius 3 is 2.33 bits per heavy atom. The number of hydrogen-bond acceptors (Lipinski definition) is 3. The Balaban J connectivity index is 1.99. The van der Waals surface area contributed by atoms with Gasteiger partial charge >= 0.3 is 0 Å². The second-order valence-electron chi connectivity index (χ2n) is 9.38. The Bertz CT molecular complexity index is 959. The Kier molecular flexibility index (Phi) is 8.54. The molecule has 1 fully saturated rings. The molecule has 1 N–H and O–H groups in total. The van der Waals surface area contributed by atoms with Gasteiger partial charge in [-0.15, -0.1) is 0 Å². The number of ether oxygens (including phenoxy) is 1. The van der Waals surface area contributed by atoms with Crippen LogP contribution in [0, 0.1) is 26.7 Å². The number of rotatable bonds is 7. The van der Waals surface area contributed by atoms with E-state index in [4.69, 9.17) is 4.74 Å². The molecule has 1 aliphatic carbocycles. The Labute approximate surface area is 198 Å². The predicted molar refractivity (Wildman–Crippen MR) is 133 cm³/mol. The fraction of sp³-hybridized carbons (Fsp3) is 0.500. The molecule has 1 saturated carbocycles. The molecular formula is C28H38N2O3. The van der Waals surface area contributed by atoms with E-state index in [1.54, 1.807) is 18.2 Å². The summed E-state index contributed by atoms with van der Waals surface area (Å²) in [6.07, 6.45) is 7.60. The lowest BCUT2D eigenvalue weighted by molar-refractivity contribution is 0.0332. The molecule has 1 atom stereocenters. The number of hydrazine groups is 1. The third kappa shape index (κ3) is 5.95. The van der Waals surface area contributed by atoms with Gasteiger partial charge in [0.05, 0.1) is 13.2 Å². The number of carbonyl (C=O) groups excluding carboxylic acids is 2. The maximum absolute atomic E-state index is 13.9. The molecule has 0 heterocycles. The molecule has 3 rings (SSSR count). The van der Waals surface area contributed by atoms with Crippen LogP contribution in [0.15, 0.2) is 36.4 Å². The molecule has 0 aliphatic heterocycles. The number of hydrogen-bond donors (Lipinski definition) is 1. The molecule has 2 amide bonds. The van der Waals surface area contributed by atoms with Gasteiger partial charge in [-0.05, 0) is 70.2 Å². The van der Waals surface area contributed by atoms with Crippen molar-refractivity contribution >= 4 is 11.8 Å². The van der Waals surface area contributed by atoms with Gasteiger partial charge in [-0.2, -0.15) is 0 Å². The molecule has 33 heavy (non-hydrogen) atoms. The van der Waals surface area contributed by atoms with E-state index in [0.29, 0.717) is 22.8 Å². The van der Waals surface area contributed by atoms with E-state index < -0.39 is 0 Å². The van der Waals surface area contributed by atoms with E-state index in [0.717, 1.165) is 42.4 Å². The zero-order valence-corrected chi connectivity index (χ0v) is 20.7. The van der Waals surface area contributed by atoms with Gasteiger partial charge in [0.15, 0.2) is 0 Å². The maximum atomic E-state index is 13.9. The number of nitrogens with one attached hydrogen (secondary N) is 1. The van der Waals surface area contributed by atoms with Crippen LogP contribution in [0.1, 0.15) is 89.3 Å². The molecule has 0 aromatic heterocycles. The highest BCUT2D eigenvalue weighted by molar-refractivity contribution is 6.00. The summed E-state index contributed by atoms with van der Waals surface area (Å²) in [5, 5.41) is 1.65. The zero-order valence-electron chi connectivity index (χ0n) is 20.7. The minimum Gasteiger partial charge on any atom is -0.496 e. The topological polar surface area (TPSA) is 58.6 Å². The van der Waals surface area contributed by atoms with Gasteiger partial charge in [0.1, 0.15) is 5.75 Å². The second-order valence-corrected chi connectivity index (χ2v) is 9.38. The van der Waals surface area contributed by atoms with Gasteiger partial charge in [0.25, 0.3) is 11.8 Å². The van der Waals surface area contributed by atoms with E-state index in [1.807, 2.05) is 45.0 Å². The number of nitrogens with zero attached hydrogens (tertiary/aromatic N) is 1. The van der Waals surface area contributed by atoms with Gasteiger partial charge < -0.3 is 4.74 Å². The number of carbonyl (C=O) groups is 2. The fourth-order valence-electron chi connectivity index (χ4n) is 5.16. The van der Waals surface area contributed by atoms with E-state index in [1.165, 1.54) is 19.3 Å². The molecule has 0 unspecified atom stereocenters. The molecular weight excluding hydrogens is 412 g/mol. The zero-order chi connectivity index (χ0) is 24.0. The normalized spacial score (nSPS) is 15.1. The smallest absolute Gasteiger partial charge is 0.272 e. The third-order valence-corrected chi connectivity index (χ3v) is 6.77. The molecule has 5 heteroatoms. The summed E-state index contributed by atoms with van der Waals surface area (Å²) in [7, 11) is 1.60. The van der Waals surface area contributed by atoms with Gasteiger partial charge in [0.2, 0.25) is 0 Å². The highest BCUT2D eigenvalue weighted by Gasteiger charge is 2.33. The first kappa shape index (κ1) is 24.8. The van der Waals surface area contributed by atoms with Crippen LogP contribution in [0.5, 0.6) is 5.75 Å². The maximum Gasteiger partial charge on any atom is 0.272 e. The van der Waals surface area contributed by atoms with Crippen molar-refractivity contribution in [3.05, 3.63) is 64.2 Å². The van der Waals surface area contributed by atoms with Crippen LogP contribution in [0.2, 0.25) is 0 Å². The van der Waals surface area contributed by atoms with Crippen LogP contribution in [-0.2, 0) is 0 Å². The van der Waals surface area contributed by atoms with Crippen molar-refractivity contribution in [2.24, 2.45) is 5.92 Å². The highest BCUT2D eigenvalue weighted by Crippen LogP contribution is 2.32. The Morgan fingerprint density at radius 2 is 1.73 bits per heavy atom. The average Bonchev–Trinajstić information content (AvgIpc) is 2.80. The van der Waals surface area contributed by atoms with Crippen LogP contribution in [0.3, 0.4) is 0 Å². The van der Waals surface area contributed by atoms with Crippen molar-refractivity contribution in [2.45, 2.75) is 78.7 Å². The van der Waals surface area contributed by atoms with Gasteiger partial charge in [-0.3, -0.25) is 15.0 Å². The first-order valence-corrected chi connectivity index (χ1v) is 12.2. The number of benzene rings is 2. The third-order valence-electron chi connectivity index (χ3n) is 6.77. The molecule has 178 valence electrons. The molecule has 5 nitrogen and oxygen atoms in total. The molecule has 0 saturated heterocycles. The first-order valence-electron chi connectivity index (χ1n) is 12.2. The highest BCUT2D eigenvalue weighted by atomic mass is 16.5. The second kappa shape index (κ2) is 11.4. The van der Waals surface area contributed by atoms with E-state index in [2.05, 4.69) is 18.4 Å². The summed E-state index contributed by atoms with van der Waals surface area (Å²) >= 11 is 0. The SMILES string of the molecule is CCC[C@H](C1CCCCC1)N(NC(=O)c1cccc(OC)c1C)C(=O)c1cc(C)cc(C)c1. The average molecular weight is 451 g/mol. The van der Waals surface area contributed by atoms with Gasteiger partial charge in [0, 0.05) is 16.7 Å². The summed E-state index contributed by atoms with van der Waals surface area (Å²) in [5.74, 6) is 0.633. The van der Waals surface area contributed by atoms with Crippen molar-refractivity contribution < 1.29 is 14.3 Å². The minimum absolute atomic E-state index is 0.0292. The van der Waals surface area contributed by atoms with Crippen molar-refractivity contribution in [3.63, 3.8) is 0 Å². The van der Waals surface area contributed by atoms with E-state index >= 15 is 0 Å². The monoisotopic (exact) mass is 450 g/mol. The molecule has 0 bridgehead atoms. The van der Waals surface area contributed by atoms with Crippen molar-refractivity contribution in [1.82, 2.24) is 10.4 Å². The lowest BCUT2D eigenvalue weighted by Crippen LogP contribution is -2.54. The predicted octanol–water partition coefficient (Wildman–Crippen LogP) is 6.16. The quantitative estimate of drug-likeness (QED) is 0.514. The molecule has 0 radical (unpaired) electrons. The summed E-state index contributed by atoms with van der Waals surface area (Å²) in [6.45, 7) is 8.01. The van der Waals surface area contributed by atoms with E-state index in [9.17, 15) is 9.59 Å². The van der Waals surface area contributed by atoms with Crippen LogP contribution in [0.25, 0.3) is 0 Å². The van der Waals surface area contributed by atoms with Crippen LogP contribution >= 0.6 is 0 Å². The Hall–Kier alpha value is -2.82. The largest absolute Gasteiger partial charge is 0.496 e. The summed E-state index contributed by atoms with van der Waals surface area (Å²) in [5.41, 5.74) is 7.02. The van der Waals surface area contributed by atoms with Crippen LogP contribution in [0.4, 0.5) is 0 Å². The lowest BCUT2D eigenvalue weighted by Gasteiger charge is -2.39. The Morgan fingerprint density at radius 1 is 1.06 bits per heavy atom. The number of methoxy groups -OCH3 is 1. The molecule has 2 aromatic rings. The molecule has 0 spiro atoms. The standard InChI is InChI=1S/C28H38N2O3/c1-6-11-25(22-12-8-7-9-13-22)30(28(32)23-17-19(2)16-20(3)18-23)29-27(31)24-14-10-15-26(33-5)21(24)4/h10,14-18,22,25H,6-9,11-13H2,1-5H3,(H,29,31)/t25-/m1/s1. The van der Waals surface area contributed by atoms with Gasteiger partial charge in [-0.1, -0.05) is 55.9 Å². The fourth-order valence-corrected chi connectivity index (χ4v) is 5.16. The number of amides is 2. The van der Waals surface area contributed by atoms with Crippen molar-refractivity contribution in [1.29, 1.82) is 0 Å². The van der Waals surface area contributed by atoms with Crippen LogP contribution in [-0.4, -0.2) is 30.0 Å². The van der Waals surface area contributed by atoms with Crippen molar-refractivity contribution in [3.8, 4) is 5.75 Å². The van der Waals surface area contributed by atoms with Gasteiger partial charge in [-0.25, -0.2) is 5.01 Å². The number of aryl methyl sites for hydroxylation is 2. The van der Waals surface area contributed by atoms with Crippen LogP contribution < -0.4 is 10.2 Å². The first-order chi connectivity index (χ1) is 15.8. The van der Waals surface area contributed by atoms with E-state index in [-0.39, 0.29) is 17.9 Å².